The molecule has 0 radical (unpaired) electrons. The second-order valence-corrected chi connectivity index (χ2v) is 9.60. The Morgan fingerprint density at radius 3 is 2.43 bits per heavy atom. The van der Waals surface area contributed by atoms with E-state index in [0.717, 1.165) is 94.1 Å². The Morgan fingerprint density at radius 2 is 1.66 bits per heavy atom. The fourth-order valence-corrected chi connectivity index (χ4v) is 5.23. The second-order valence-electron chi connectivity index (χ2n) is 9.60. The molecule has 4 heterocycles. The smallest absolute Gasteiger partial charge is 0.222 e. The average molecular weight is 477 g/mol. The Balaban J connectivity index is 1.08. The highest BCUT2D eigenvalue weighted by molar-refractivity contribution is 5.85. The van der Waals surface area contributed by atoms with E-state index in [1.807, 2.05) is 12.4 Å². The van der Waals surface area contributed by atoms with Crippen LogP contribution < -0.4 is 15.0 Å². The van der Waals surface area contributed by atoms with Crippen LogP contribution >= 0.6 is 0 Å². The van der Waals surface area contributed by atoms with Gasteiger partial charge in [-0.15, -0.1) is 0 Å². The lowest BCUT2D eigenvalue weighted by atomic mass is 9.93. The predicted molar refractivity (Wildman–Crippen MR) is 133 cm³/mol. The molecule has 9 nitrogen and oxygen atoms in total. The van der Waals surface area contributed by atoms with Gasteiger partial charge in [-0.3, -0.25) is 4.98 Å². The van der Waals surface area contributed by atoms with E-state index in [2.05, 4.69) is 42.3 Å². The van der Waals surface area contributed by atoms with Gasteiger partial charge in [0.15, 0.2) is 0 Å². The zero-order valence-electron chi connectivity index (χ0n) is 19.9. The molecule has 1 atom stereocenters. The number of morpholine rings is 1. The summed E-state index contributed by atoms with van der Waals surface area (Å²) in [6, 6.07) is 4.58. The SMILES string of the molecule is c1cnc2c(O[C@H]3CC[C@@H](Nc4ncc(C5CCOC5)cn4)CC3)cc(N3CCOCC3)cc2n1. The maximum Gasteiger partial charge on any atom is 0.222 e. The van der Waals surface area contributed by atoms with Gasteiger partial charge in [0.2, 0.25) is 5.95 Å². The molecule has 1 aliphatic carbocycles. The van der Waals surface area contributed by atoms with Crippen LogP contribution in [-0.2, 0) is 9.47 Å². The summed E-state index contributed by atoms with van der Waals surface area (Å²) in [6.45, 7) is 4.84. The second kappa shape index (κ2) is 10.3. The highest BCUT2D eigenvalue weighted by Gasteiger charge is 2.25. The lowest BCUT2D eigenvalue weighted by Gasteiger charge is -2.31. The minimum absolute atomic E-state index is 0.156. The number of ether oxygens (including phenoxy) is 3. The lowest BCUT2D eigenvalue weighted by Crippen LogP contribution is -2.36. The summed E-state index contributed by atoms with van der Waals surface area (Å²) in [5.74, 6) is 1.96. The van der Waals surface area contributed by atoms with Crippen LogP contribution in [0, 0.1) is 0 Å². The van der Waals surface area contributed by atoms with Gasteiger partial charge < -0.3 is 24.4 Å². The molecule has 184 valence electrons. The number of nitrogens with one attached hydrogen (secondary N) is 1. The quantitative estimate of drug-likeness (QED) is 0.573. The van der Waals surface area contributed by atoms with Gasteiger partial charge in [0.1, 0.15) is 11.3 Å². The van der Waals surface area contributed by atoms with Crippen LogP contribution in [0.3, 0.4) is 0 Å². The summed E-state index contributed by atoms with van der Waals surface area (Å²) < 4.78 is 17.5. The Labute approximate surface area is 205 Å². The van der Waals surface area contributed by atoms with Crippen molar-refractivity contribution in [3.63, 3.8) is 0 Å². The van der Waals surface area contributed by atoms with Crippen LogP contribution in [0.4, 0.5) is 11.6 Å². The van der Waals surface area contributed by atoms with E-state index in [4.69, 9.17) is 14.2 Å². The fraction of sp³-hybridized carbons (Fsp3) is 0.538. The Bertz CT molecular complexity index is 1120. The summed E-state index contributed by atoms with van der Waals surface area (Å²) >= 11 is 0. The largest absolute Gasteiger partial charge is 0.488 e. The van der Waals surface area contributed by atoms with E-state index in [0.29, 0.717) is 17.9 Å². The van der Waals surface area contributed by atoms with Gasteiger partial charge >= 0.3 is 0 Å². The first-order valence-corrected chi connectivity index (χ1v) is 12.7. The van der Waals surface area contributed by atoms with Crippen molar-refractivity contribution in [2.75, 3.05) is 49.7 Å². The van der Waals surface area contributed by atoms with Crippen molar-refractivity contribution in [1.82, 2.24) is 19.9 Å². The van der Waals surface area contributed by atoms with Crippen molar-refractivity contribution in [2.45, 2.75) is 50.2 Å². The van der Waals surface area contributed by atoms with E-state index >= 15 is 0 Å². The van der Waals surface area contributed by atoms with Crippen molar-refractivity contribution in [2.24, 2.45) is 0 Å². The summed E-state index contributed by atoms with van der Waals surface area (Å²) in [6.07, 6.45) is 12.5. The van der Waals surface area contributed by atoms with Crippen LogP contribution in [0.2, 0.25) is 0 Å². The van der Waals surface area contributed by atoms with Crippen molar-refractivity contribution in [1.29, 1.82) is 0 Å². The number of hydrogen-bond donors (Lipinski definition) is 1. The summed E-state index contributed by atoms with van der Waals surface area (Å²) in [4.78, 5) is 20.6. The molecule has 3 fully saturated rings. The molecule has 2 aromatic heterocycles. The van der Waals surface area contributed by atoms with Gasteiger partial charge in [0.05, 0.1) is 31.4 Å². The predicted octanol–water partition coefficient (Wildman–Crippen LogP) is 3.56. The van der Waals surface area contributed by atoms with E-state index in [-0.39, 0.29) is 6.10 Å². The molecule has 1 N–H and O–H groups in total. The van der Waals surface area contributed by atoms with E-state index in [1.165, 1.54) is 5.56 Å². The molecule has 0 bridgehead atoms. The third-order valence-electron chi connectivity index (χ3n) is 7.27. The van der Waals surface area contributed by atoms with Crippen LogP contribution in [0.5, 0.6) is 5.75 Å². The molecule has 1 aromatic carbocycles. The number of hydrogen-bond acceptors (Lipinski definition) is 9. The van der Waals surface area contributed by atoms with Crippen LogP contribution in [0.25, 0.3) is 11.0 Å². The number of anilines is 2. The first-order chi connectivity index (χ1) is 17.3. The summed E-state index contributed by atoms with van der Waals surface area (Å²) in [7, 11) is 0. The van der Waals surface area contributed by atoms with E-state index < -0.39 is 0 Å². The summed E-state index contributed by atoms with van der Waals surface area (Å²) in [5, 5.41) is 3.51. The minimum Gasteiger partial charge on any atom is -0.488 e. The number of aromatic nitrogens is 4. The zero-order valence-corrected chi connectivity index (χ0v) is 19.9. The molecule has 3 aliphatic rings. The Morgan fingerprint density at radius 1 is 0.857 bits per heavy atom. The monoisotopic (exact) mass is 476 g/mol. The highest BCUT2D eigenvalue weighted by Crippen LogP contribution is 2.33. The van der Waals surface area contributed by atoms with Gasteiger partial charge in [-0.05, 0) is 43.7 Å². The zero-order chi connectivity index (χ0) is 23.5. The number of rotatable bonds is 6. The third-order valence-corrected chi connectivity index (χ3v) is 7.27. The van der Waals surface area contributed by atoms with Crippen molar-refractivity contribution >= 4 is 22.7 Å². The van der Waals surface area contributed by atoms with Gasteiger partial charge in [0, 0.05) is 68.2 Å². The summed E-state index contributed by atoms with van der Waals surface area (Å²) in [5.41, 5.74) is 3.98. The van der Waals surface area contributed by atoms with Crippen molar-refractivity contribution in [3.8, 4) is 5.75 Å². The molecule has 1 saturated carbocycles. The van der Waals surface area contributed by atoms with Gasteiger partial charge in [-0.25, -0.2) is 15.0 Å². The van der Waals surface area contributed by atoms with Crippen LogP contribution in [0.1, 0.15) is 43.6 Å². The normalized spacial score (nSPS) is 25.0. The first kappa shape index (κ1) is 22.4. The Kier molecular flexibility index (Phi) is 6.60. The number of nitrogens with zero attached hydrogens (tertiary/aromatic N) is 5. The lowest BCUT2D eigenvalue weighted by molar-refractivity contribution is 0.122. The first-order valence-electron chi connectivity index (χ1n) is 12.7. The maximum absolute atomic E-state index is 6.54. The molecule has 2 saturated heterocycles. The standard InChI is InChI=1S/C26H32N6O3/c1-3-22(4-2-20(1)31-26-29-15-19(16-30-26)18-5-10-34-17-18)35-24-14-21(32-8-11-33-12-9-32)13-23-25(24)28-7-6-27-23/h6-7,13-16,18,20,22H,1-5,8-12,17H2,(H,29,30,31)/t18?,20-,22+. The topological polar surface area (TPSA) is 94.5 Å². The fourth-order valence-electron chi connectivity index (χ4n) is 5.23. The van der Waals surface area contributed by atoms with Gasteiger partial charge in [-0.2, -0.15) is 0 Å². The molecule has 9 heteroatoms. The third kappa shape index (κ3) is 5.16. The number of benzene rings is 1. The molecule has 2 aliphatic heterocycles. The van der Waals surface area contributed by atoms with E-state index in [9.17, 15) is 0 Å². The maximum atomic E-state index is 6.54. The van der Waals surface area contributed by atoms with E-state index in [1.54, 1.807) is 12.4 Å². The Hall–Kier alpha value is -3.04. The van der Waals surface area contributed by atoms with Crippen molar-refractivity contribution in [3.05, 3.63) is 42.5 Å². The number of fused-ring (bicyclic) bond motifs is 1. The van der Waals surface area contributed by atoms with Gasteiger partial charge in [-0.1, -0.05) is 0 Å². The molecular weight excluding hydrogens is 444 g/mol. The highest BCUT2D eigenvalue weighted by atomic mass is 16.5. The molecule has 0 spiro atoms. The molecule has 6 rings (SSSR count). The molecule has 1 unspecified atom stereocenters. The minimum atomic E-state index is 0.156. The van der Waals surface area contributed by atoms with Crippen LogP contribution in [-0.4, -0.2) is 71.6 Å². The molecule has 0 amide bonds. The molecular formula is C26H32N6O3. The van der Waals surface area contributed by atoms with Crippen LogP contribution in [0.15, 0.2) is 36.9 Å². The molecule has 3 aromatic rings. The van der Waals surface area contributed by atoms with Crippen molar-refractivity contribution < 1.29 is 14.2 Å². The molecule has 35 heavy (non-hydrogen) atoms. The average Bonchev–Trinajstić information content (AvgIpc) is 3.46. The van der Waals surface area contributed by atoms with Gasteiger partial charge in [0.25, 0.3) is 0 Å².